The lowest BCUT2D eigenvalue weighted by Crippen LogP contribution is -2.46. The summed E-state index contributed by atoms with van der Waals surface area (Å²) in [5.74, 6) is 0.274. The zero-order chi connectivity index (χ0) is 15.4. The molecule has 21 heavy (non-hydrogen) atoms. The fourth-order valence-electron chi connectivity index (χ4n) is 2.58. The van der Waals surface area contributed by atoms with Crippen molar-refractivity contribution in [1.29, 1.82) is 0 Å². The van der Waals surface area contributed by atoms with Gasteiger partial charge in [0.25, 0.3) is 5.91 Å². The second-order valence-electron chi connectivity index (χ2n) is 5.58. The molecule has 114 valence electrons. The van der Waals surface area contributed by atoms with E-state index in [2.05, 4.69) is 0 Å². The van der Waals surface area contributed by atoms with Crippen molar-refractivity contribution in [3.05, 3.63) is 29.8 Å². The first-order valence-corrected chi connectivity index (χ1v) is 7.29. The molecule has 5 nitrogen and oxygen atoms in total. The highest BCUT2D eigenvalue weighted by atomic mass is 16.5. The Kier molecular flexibility index (Phi) is 4.83. The number of hydrogen-bond donors (Lipinski definition) is 1. The van der Waals surface area contributed by atoms with Crippen LogP contribution in [0.2, 0.25) is 0 Å². The van der Waals surface area contributed by atoms with E-state index >= 15 is 0 Å². The van der Waals surface area contributed by atoms with Gasteiger partial charge >= 0.3 is 0 Å². The quantitative estimate of drug-likeness (QED) is 0.913. The van der Waals surface area contributed by atoms with Crippen molar-refractivity contribution in [2.45, 2.75) is 32.8 Å². The molecule has 2 N–H and O–H groups in total. The lowest BCUT2D eigenvalue weighted by atomic mass is 9.96. The van der Waals surface area contributed by atoms with Gasteiger partial charge in [-0.1, -0.05) is 12.1 Å². The SMILES string of the molecule is Cc1cccc(O[C@@H](C)C(=O)N2CCC(C(N)=O)CC2)c1. The van der Waals surface area contributed by atoms with Crippen LogP contribution in [0.25, 0.3) is 0 Å². The topological polar surface area (TPSA) is 72.6 Å². The zero-order valence-corrected chi connectivity index (χ0v) is 12.5. The molecule has 0 spiro atoms. The van der Waals surface area contributed by atoms with E-state index in [1.54, 1.807) is 11.8 Å². The number of nitrogens with two attached hydrogens (primary N) is 1. The number of primary amides is 1. The summed E-state index contributed by atoms with van der Waals surface area (Å²) >= 11 is 0. The molecule has 2 rings (SSSR count). The van der Waals surface area contributed by atoms with Crippen LogP contribution in [-0.4, -0.2) is 35.9 Å². The molecule has 1 atom stereocenters. The van der Waals surface area contributed by atoms with Gasteiger partial charge in [-0.3, -0.25) is 9.59 Å². The molecular weight excluding hydrogens is 268 g/mol. The molecule has 1 aliphatic heterocycles. The highest BCUT2D eigenvalue weighted by Crippen LogP contribution is 2.19. The molecule has 2 amide bonds. The van der Waals surface area contributed by atoms with Gasteiger partial charge in [0.05, 0.1) is 0 Å². The number of benzene rings is 1. The van der Waals surface area contributed by atoms with E-state index in [1.165, 1.54) is 0 Å². The van der Waals surface area contributed by atoms with Gasteiger partial charge in [-0.25, -0.2) is 0 Å². The Morgan fingerprint density at radius 2 is 2.00 bits per heavy atom. The monoisotopic (exact) mass is 290 g/mol. The smallest absolute Gasteiger partial charge is 0.263 e. The second-order valence-corrected chi connectivity index (χ2v) is 5.58. The largest absolute Gasteiger partial charge is 0.481 e. The van der Waals surface area contributed by atoms with E-state index in [-0.39, 0.29) is 17.7 Å². The number of piperidine rings is 1. The van der Waals surface area contributed by atoms with E-state index in [0.29, 0.717) is 31.7 Å². The number of ether oxygens (including phenoxy) is 1. The summed E-state index contributed by atoms with van der Waals surface area (Å²) in [5, 5.41) is 0. The summed E-state index contributed by atoms with van der Waals surface area (Å²) < 4.78 is 5.70. The molecule has 1 saturated heterocycles. The van der Waals surface area contributed by atoms with Gasteiger partial charge in [0.15, 0.2) is 6.10 Å². The van der Waals surface area contributed by atoms with Crippen LogP contribution in [0.3, 0.4) is 0 Å². The van der Waals surface area contributed by atoms with Gasteiger partial charge in [-0.15, -0.1) is 0 Å². The molecule has 5 heteroatoms. The average Bonchev–Trinajstić information content (AvgIpc) is 2.46. The van der Waals surface area contributed by atoms with E-state index in [1.807, 2.05) is 31.2 Å². The first-order valence-electron chi connectivity index (χ1n) is 7.29. The predicted molar refractivity (Wildman–Crippen MR) is 79.8 cm³/mol. The lowest BCUT2D eigenvalue weighted by molar-refractivity contribution is -0.140. The molecule has 1 fully saturated rings. The number of carbonyl (C=O) groups is 2. The molecule has 0 radical (unpaired) electrons. The van der Waals surface area contributed by atoms with Crippen molar-refractivity contribution in [3.63, 3.8) is 0 Å². The number of rotatable bonds is 4. The van der Waals surface area contributed by atoms with Gasteiger partial charge in [0.1, 0.15) is 5.75 Å². The summed E-state index contributed by atoms with van der Waals surface area (Å²) in [6.45, 7) is 4.86. The minimum absolute atomic E-state index is 0.0422. The van der Waals surface area contributed by atoms with Crippen LogP contribution in [0.1, 0.15) is 25.3 Å². The third-order valence-corrected chi connectivity index (χ3v) is 3.86. The Morgan fingerprint density at radius 1 is 1.33 bits per heavy atom. The van der Waals surface area contributed by atoms with Gasteiger partial charge < -0.3 is 15.4 Å². The minimum Gasteiger partial charge on any atom is -0.481 e. The minimum atomic E-state index is -0.531. The molecular formula is C16H22N2O3. The third-order valence-electron chi connectivity index (χ3n) is 3.86. The van der Waals surface area contributed by atoms with Crippen molar-refractivity contribution in [1.82, 2.24) is 4.90 Å². The van der Waals surface area contributed by atoms with Crippen LogP contribution in [0.4, 0.5) is 0 Å². The van der Waals surface area contributed by atoms with E-state index in [9.17, 15) is 9.59 Å². The Hall–Kier alpha value is -2.04. The summed E-state index contributed by atoms with van der Waals surface area (Å²) in [5.41, 5.74) is 6.39. The summed E-state index contributed by atoms with van der Waals surface area (Å²) in [6, 6.07) is 7.63. The van der Waals surface area contributed by atoms with E-state index < -0.39 is 6.10 Å². The van der Waals surface area contributed by atoms with Crippen LogP contribution < -0.4 is 10.5 Å². The number of hydrogen-bond acceptors (Lipinski definition) is 3. The number of nitrogens with zero attached hydrogens (tertiary/aromatic N) is 1. The van der Waals surface area contributed by atoms with Crippen molar-refractivity contribution >= 4 is 11.8 Å². The van der Waals surface area contributed by atoms with E-state index in [0.717, 1.165) is 5.56 Å². The number of carbonyl (C=O) groups excluding carboxylic acids is 2. The fraction of sp³-hybridized carbons (Fsp3) is 0.500. The third kappa shape index (κ3) is 3.97. The van der Waals surface area contributed by atoms with Crippen LogP contribution >= 0.6 is 0 Å². The average molecular weight is 290 g/mol. The fourth-order valence-corrected chi connectivity index (χ4v) is 2.58. The molecule has 1 aromatic rings. The molecule has 0 unspecified atom stereocenters. The molecule has 0 aromatic heterocycles. The standard InChI is InChI=1S/C16H22N2O3/c1-11-4-3-5-14(10-11)21-12(2)16(20)18-8-6-13(7-9-18)15(17)19/h3-5,10,12-13H,6-9H2,1-2H3,(H2,17,19)/t12-/m0/s1. The Morgan fingerprint density at radius 3 is 2.57 bits per heavy atom. The first kappa shape index (κ1) is 15.4. The van der Waals surface area contributed by atoms with Crippen molar-refractivity contribution in [2.75, 3.05) is 13.1 Å². The first-order chi connectivity index (χ1) is 9.97. The molecule has 1 aromatic carbocycles. The highest BCUT2D eigenvalue weighted by molar-refractivity contribution is 5.82. The van der Waals surface area contributed by atoms with Crippen molar-refractivity contribution < 1.29 is 14.3 Å². The molecule has 0 saturated carbocycles. The number of likely N-dealkylation sites (tertiary alicyclic amines) is 1. The Labute approximate surface area is 125 Å². The predicted octanol–water partition coefficient (Wildman–Crippen LogP) is 1.49. The van der Waals surface area contributed by atoms with Gasteiger partial charge in [-0.2, -0.15) is 0 Å². The van der Waals surface area contributed by atoms with Gasteiger partial charge in [0.2, 0.25) is 5.91 Å². The summed E-state index contributed by atoms with van der Waals surface area (Å²) in [6.07, 6.45) is 0.744. The van der Waals surface area contributed by atoms with Crippen LogP contribution in [-0.2, 0) is 9.59 Å². The van der Waals surface area contributed by atoms with E-state index in [4.69, 9.17) is 10.5 Å². The normalized spacial score (nSPS) is 17.3. The maximum Gasteiger partial charge on any atom is 0.263 e. The van der Waals surface area contributed by atoms with Gasteiger partial charge in [-0.05, 0) is 44.4 Å². The van der Waals surface area contributed by atoms with Crippen LogP contribution in [0, 0.1) is 12.8 Å². The van der Waals surface area contributed by atoms with Crippen molar-refractivity contribution in [3.8, 4) is 5.75 Å². The lowest BCUT2D eigenvalue weighted by Gasteiger charge is -2.32. The summed E-state index contributed by atoms with van der Waals surface area (Å²) in [4.78, 5) is 25.2. The molecule has 1 aliphatic rings. The summed E-state index contributed by atoms with van der Waals surface area (Å²) in [7, 11) is 0. The highest BCUT2D eigenvalue weighted by Gasteiger charge is 2.28. The molecule has 1 heterocycles. The second kappa shape index (κ2) is 6.61. The van der Waals surface area contributed by atoms with Crippen molar-refractivity contribution in [2.24, 2.45) is 11.7 Å². The van der Waals surface area contributed by atoms with Crippen LogP contribution in [0.5, 0.6) is 5.75 Å². The Balaban J connectivity index is 1.90. The Bertz CT molecular complexity index is 522. The zero-order valence-electron chi connectivity index (χ0n) is 12.5. The molecule has 0 aliphatic carbocycles. The number of amides is 2. The maximum absolute atomic E-state index is 12.3. The van der Waals surface area contributed by atoms with Gasteiger partial charge in [0, 0.05) is 19.0 Å². The molecule has 0 bridgehead atoms. The van der Waals surface area contributed by atoms with Crippen LogP contribution in [0.15, 0.2) is 24.3 Å². The maximum atomic E-state index is 12.3. The number of aryl methyl sites for hydroxylation is 1.